The first-order chi connectivity index (χ1) is 8.58. The number of benzene rings is 1. The zero-order valence-corrected chi connectivity index (χ0v) is 10.6. The van der Waals surface area contributed by atoms with Crippen LogP contribution in [0.3, 0.4) is 0 Å². The van der Waals surface area contributed by atoms with Gasteiger partial charge in [-0.3, -0.25) is 0 Å². The molecule has 1 aromatic heterocycles. The fraction of sp³-hybridized carbons (Fsp3) is 0.429. The van der Waals surface area contributed by atoms with Crippen molar-refractivity contribution in [2.45, 2.75) is 32.2 Å². The summed E-state index contributed by atoms with van der Waals surface area (Å²) in [5.41, 5.74) is 7.41. The van der Waals surface area contributed by atoms with Gasteiger partial charge in [-0.15, -0.1) is 0 Å². The predicted octanol–water partition coefficient (Wildman–Crippen LogP) is 2.63. The molecule has 0 aliphatic heterocycles. The summed E-state index contributed by atoms with van der Waals surface area (Å²) in [5, 5.41) is 4.05. The number of nitrogens with two attached hydrogens (primary N) is 1. The first-order valence-electron chi connectivity index (χ1n) is 6.22. The number of aromatic nitrogens is 2. The number of rotatable bonds is 3. The van der Waals surface area contributed by atoms with Crippen LogP contribution in [0.1, 0.15) is 49.5 Å². The molecular formula is C14H17N3O. The zero-order valence-electron chi connectivity index (χ0n) is 10.6. The van der Waals surface area contributed by atoms with Crippen LogP contribution in [0.5, 0.6) is 0 Å². The molecule has 1 aromatic carbocycles. The van der Waals surface area contributed by atoms with E-state index in [0.29, 0.717) is 17.2 Å². The summed E-state index contributed by atoms with van der Waals surface area (Å²) in [7, 11) is 0. The molecule has 2 aromatic rings. The van der Waals surface area contributed by atoms with Crippen LogP contribution in [-0.4, -0.2) is 10.1 Å². The van der Waals surface area contributed by atoms with E-state index in [4.69, 9.17) is 10.3 Å². The van der Waals surface area contributed by atoms with E-state index < -0.39 is 0 Å². The van der Waals surface area contributed by atoms with Crippen molar-refractivity contribution in [2.75, 3.05) is 0 Å². The van der Waals surface area contributed by atoms with E-state index in [0.717, 1.165) is 17.8 Å². The van der Waals surface area contributed by atoms with Crippen molar-refractivity contribution in [3.8, 4) is 0 Å². The molecule has 1 aliphatic carbocycles. The van der Waals surface area contributed by atoms with E-state index in [1.807, 2.05) is 30.3 Å². The van der Waals surface area contributed by atoms with Crippen LogP contribution in [0.4, 0.5) is 0 Å². The molecule has 1 unspecified atom stereocenters. The van der Waals surface area contributed by atoms with Crippen molar-refractivity contribution in [2.24, 2.45) is 11.1 Å². The smallest absolute Gasteiger partial charge is 0.248 e. The maximum Gasteiger partial charge on any atom is 0.248 e. The van der Waals surface area contributed by atoms with Crippen LogP contribution < -0.4 is 5.73 Å². The van der Waals surface area contributed by atoms with Crippen LogP contribution in [0.25, 0.3) is 0 Å². The van der Waals surface area contributed by atoms with Gasteiger partial charge in [0, 0.05) is 5.92 Å². The molecule has 0 spiro atoms. The lowest BCUT2D eigenvalue weighted by Crippen LogP contribution is -2.12. The van der Waals surface area contributed by atoms with Crippen molar-refractivity contribution >= 4 is 0 Å². The third-order valence-electron chi connectivity index (χ3n) is 3.71. The largest absolute Gasteiger partial charge is 0.337 e. The average molecular weight is 243 g/mol. The molecule has 4 heteroatoms. The van der Waals surface area contributed by atoms with Crippen LogP contribution in [0.2, 0.25) is 0 Å². The Morgan fingerprint density at radius 2 is 2.00 bits per heavy atom. The molecule has 2 atom stereocenters. The fourth-order valence-corrected chi connectivity index (χ4v) is 2.23. The molecule has 4 nitrogen and oxygen atoms in total. The highest BCUT2D eigenvalue weighted by molar-refractivity contribution is 5.24. The minimum atomic E-state index is -0.339. The Hall–Kier alpha value is -1.68. The van der Waals surface area contributed by atoms with Gasteiger partial charge in [0.25, 0.3) is 0 Å². The lowest BCUT2D eigenvalue weighted by atomic mass is 10.1. The first kappa shape index (κ1) is 11.4. The predicted molar refractivity (Wildman–Crippen MR) is 67.9 cm³/mol. The Balaban J connectivity index is 1.82. The van der Waals surface area contributed by atoms with Gasteiger partial charge in [0.15, 0.2) is 5.82 Å². The van der Waals surface area contributed by atoms with Crippen molar-refractivity contribution < 1.29 is 4.52 Å². The summed E-state index contributed by atoms with van der Waals surface area (Å²) in [5.74, 6) is 1.71. The Bertz CT molecular complexity index is 547. The maximum atomic E-state index is 6.12. The first-order valence-corrected chi connectivity index (χ1v) is 6.22. The number of hydrogen-bond acceptors (Lipinski definition) is 4. The van der Waals surface area contributed by atoms with Gasteiger partial charge in [-0.25, -0.2) is 0 Å². The molecule has 2 N–H and O–H groups in total. The van der Waals surface area contributed by atoms with Gasteiger partial charge in [-0.2, -0.15) is 4.98 Å². The Morgan fingerprint density at radius 1 is 1.33 bits per heavy atom. The summed E-state index contributed by atoms with van der Waals surface area (Å²) in [4.78, 5) is 4.44. The molecule has 0 amide bonds. The minimum Gasteiger partial charge on any atom is -0.337 e. The van der Waals surface area contributed by atoms with Crippen LogP contribution in [-0.2, 0) is 0 Å². The Labute approximate surface area is 106 Å². The second-order valence-corrected chi connectivity index (χ2v) is 5.62. The number of nitrogens with zero attached hydrogens (tertiary/aromatic N) is 2. The standard InChI is InChI=1S/C14H17N3O/c1-14(2)8-10(14)12-16-13(18-17-12)11(15)9-6-4-3-5-7-9/h3-7,10-11H,8,15H2,1-2H3/t10?,11-/m1/s1. The molecule has 0 saturated heterocycles. The maximum absolute atomic E-state index is 6.12. The number of hydrogen-bond donors (Lipinski definition) is 1. The van der Waals surface area contributed by atoms with E-state index in [2.05, 4.69) is 24.0 Å². The van der Waals surface area contributed by atoms with Gasteiger partial charge in [-0.05, 0) is 17.4 Å². The van der Waals surface area contributed by atoms with Crippen molar-refractivity contribution in [3.63, 3.8) is 0 Å². The lowest BCUT2D eigenvalue weighted by Gasteiger charge is -2.05. The van der Waals surface area contributed by atoms with Crippen LogP contribution in [0, 0.1) is 5.41 Å². The zero-order chi connectivity index (χ0) is 12.8. The minimum absolute atomic E-state index is 0.304. The third-order valence-corrected chi connectivity index (χ3v) is 3.71. The van der Waals surface area contributed by atoms with E-state index in [1.54, 1.807) is 0 Å². The second kappa shape index (κ2) is 3.92. The Kier molecular flexibility index (Phi) is 2.48. The lowest BCUT2D eigenvalue weighted by molar-refractivity contribution is 0.361. The van der Waals surface area contributed by atoms with Gasteiger partial charge < -0.3 is 10.3 Å². The molecule has 0 bridgehead atoms. The highest BCUT2D eigenvalue weighted by Crippen LogP contribution is 2.57. The van der Waals surface area contributed by atoms with Gasteiger partial charge >= 0.3 is 0 Å². The van der Waals surface area contributed by atoms with Crippen molar-refractivity contribution in [1.82, 2.24) is 10.1 Å². The van der Waals surface area contributed by atoms with E-state index in [-0.39, 0.29) is 6.04 Å². The quantitative estimate of drug-likeness (QED) is 0.900. The molecule has 3 rings (SSSR count). The summed E-state index contributed by atoms with van der Waals surface area (Å²) < 4.78 is 5.29. The average Bonchev–Trinajstić information content (AvgIpc) is 2.80. The van der Waals surface area contributed by atoms with Gasteiger partial charge in [0.05, 0.1) is 0 Å². The third kappa shape index (κ3) is 1.93. The topological polar surface area (TPSA) is 64.9 Å². The highest BCUT2D eigenvalue weighted by Gasteiger charge is 2.49. The molecule has 1 aliphatic rings. The van der Waals surface area contributed by atoms with E-state index in [9.17, 15) is 0 Å². The summed E-state index contributed by atoms with van der Waals surface area (Å²) >= 11 is 0. The van der Waals surface area contributed by atoms with Gasteiger partial charge in [0.1, 0.15) is 6.04 Å². The van der Waals surface area contributed by atoms with Crippen LogP contribution in [0.15, 0.2) is 34.9 Å². The Morgan fingerprint density at radius 3 is 2.61 bits per heavy atom. The van der Waals surface area contributed by atoms with Crippen molar-refractivity contribution in [3.05, 3.63) is 47.6 Å². The fourth-order valence-electron chi connectivity index (χ4n) is 2.23. The molecule has 1 fully saturated rings. The summed E-state index contributed by atoms with van der Waals surface area (Å²) in [6.45, 7) is 4.43. The summed E-state index contributed by atoms with van der Waals surface area (Å²) in [6, 6.07) is 9.47. The summed E-state index contributed by atoms with van der Waals surface area (Å²) in [6.07, 6.45) is 1.12. The molecule has 1 saturated carbocycles. The molecular weight excluding hydrogens is 226 g/mol. The van der Waals surface area contributed by atoms with Gasteiger partial charge in [-0.1, -0.05) is 49.3 Å². The monoisotopic (exact) mass is 243 g/mol. The molecule has 0 radical (unpaired) electrons. The molecule has 1 heterocycles. The van der Waals surface area contributed by atoms with Gasteiger partial charge in [0.2, 0.25) is 5.89 Å². The normalized spacial score (nSPS) is 22.7. The SMILES string of the molecule is CC1(C)CC1c1noc([C@H](N)c2ccccc2)n1. The van der Waals surface area contributed by atoms with Crippen LogP contribution >= 0.6 is 0 Å². The van der Waals surface area contributed by atoms with E-state index >= 15 is 0 Å². The molecule has 18 heavy (non-hydrogen) atoms. The second-order valence-electron chi connectivity index (χ2n) is 5.62. The highest BCUT2D eigenvalue weighted by atomic mass is 16.5. The van der Waals surface area contributed by atoms with E-state index in [1.165, 1.54) is 0 Å². The molecule has 94 valence electrons. The van der Waals surface area contributed by atoms with Crippen molar-refractivity contribution in [1.29, 1.82) is 0 Å².